The second-order valence-corrected chi connectivity index (χ2v) is 6.01. The van der Waals surface area contributed by atoms with Gasteiger partial charge in [-0.3, -0.25) is 0 Å². The Labute approximate surface area is 147 Å². The van der Waals surface area contributed by atoms with Crippen molar-refractivity contribution < 1.29 is 14.3 Å². The predicted molar refractivity (Wildman–Crippen MR) is 98.1 cm³/mol. The van der Waals surface area contributed by atoms with Crippen LogP contribution in [-0.4, -0.2) is 5.97 Å². The number of hydrogen-bond acceptors (Lipinski definition) is 3. The van der Waals surface area contributed by atoms with Crippen molar-refractivity contribution in [2.24, 2.45) is 0 Å². The van der Waals surface area contributed by atoms with Gasteiger partial charge < -0.3 is 9.47 Å². The van der Waals surface area contributed by atoms with Crippen LogP contribution in [0.3, 0.4) is 0 Å². The third-order valence-electron chi connectivity index (χ3n) is 3.78. The Morgan fingerprint density at radius 1 is 0.800 bits per heavy atom. The maximum atomic E-state index is 12.2. The number of ether oxygens (including phenoxy) is 2. The fourth-order valence-corrected chi connectivity index (χ4v) is 2.45. The van der Waals surface area contributed by atoms with Crippen LogP contribution in [0.4, 0.5) is 0 Å². The number of benzene rings is 3. The topological polar surface area (TPSA) is 35.5 Å². The summed E-state index contributed by atoms with van der Waals surface area (Å²) in [6.45, 7) is 4.44. The van der Waals surface area contributed by atoms with Gasteiger partial charge in [0.05, 0.1) is 5.56 Å². The van der Waals surface area contributed by atoms with E-state index >= 15 is 0 Å². The molecule has 0 bridgehead atoms. The maximum Gasteiger partial charge on any atom is 0.343 e. The number of hydrogen-bond donors (Lipinski definition) is 0. The van der Waals surface area contributed by atoms with Crippen LogP contribution in [-0.2, 0) is 6.61 Å². The highest BCUT2D eigenvalue weighted by atomic mass is 16.5. The minimum Gasteiger partial charge on any atom is -0.489 e. The summed E-state index contributed by atoms with van der Waals surface area (Å²) < 4.78 is 11.2. The molecule has 0 heterocycles. The van der Waals surface area contributed by atoms with Crippen LogP contribution in [0.25, 0.3) is 0 Å². The first-order chi connectivity index (χ1) is 12.1. The fourth-order valence-electron chi connectivity index (χ4n) is 2.45. The molecule has 3 nitrogen and oxygen atoms in total. The van der Waals surface area contributed by atoms with Crippen molar-refractivity contribution in [2.45, 2.75) is 20.5 Å². The fraction of sp³-hybridized carbons (Fsp3) is 0.136. The minimum absolute atomic E-state index is 0.364. The molecule has 0 aliphatic heterocycles. The third-order valence-corrected chi connectivity index (χ3v) is 3.78. The van der Waals surface area contributed by atoms with Crippen molar-refractivity contribution in [1.29, 1.82) is 0 Å². The summed E-state index contributed by atoms with van der Waals surface area (Å²) in [5, 5.41) is 0. The van der Waals surface area contributed by atoms with Gasteiger partial charge in [-0.05, 0) is 66.9 Å². The minimum atomic E-state index is -0.364. The molecule has 3 aromatic rings. The largest absolute Gasteiger partial charge is 0.489 e. The molecule has 3 rings (SSSR count). The van der Waals surface area contributed by atoms with Crippen LogP contribution in [0, 0.1) is 13.8 Å². The lowest BCUT2D eigenvalue weighted by atomic mass is 10.1. The number of rotatable bonds is 5. The summed E-state index contributed by atoms with van der Waals surface area (Å²) in [5.74, 6) is 1.02. The van der Waals surface area contributed by atoms with Gasteiger partial charge in [-0.2, -0.15) is 0 Å². The van der Waals surface area contributed by atoms with Gasteiger partial charge in [0.25, 0.3) is 0 Å². The Balaban J connectivity index is 1.60. The summed E-state index contributed by atoms with van der Waals surface area (Å²) >= 11 is 0. The van der Waals surface area contributed by atoms with E-state index in [0.717, 1.165) is 22.4 Å². The average molecular weight is 332 g/mol. The highest BCUT2D eigenvalue weighted by Gasteiger charge is 2.08. The Bertz CT molecular complexity index is 866. The molecule has 3 aromatic carbocycles. The molecule has 0 aliphatic rings. The van der Waals surface area contributed by atoms with Gasteiger partial charge in [-0.25, -0.2) is 4.79 Å². The molecule has 0 saturated carbocycles. The third kappa shape index (κ3) is 4.70. The first kappa shape index (κ1) is 16.8. The first-order valence-corrected chi connectivity index (χ1v) is 8.17. The van der Waals surface area contributed by atoms with E-state index in [2.05, 4.69) is 0 Å². The van der Waals surface area contributed by atoms with Crippen molar-refractivity contribution in [2.75, 3.05) is 0 Å². The summed E-state index contributed by atoms with van der Waals surface area (Å²) in [6, 6.07) is 22.6. The molecular formula is C22H20O3. The van der Waals surface area contributed by atoms with Crippen LogP contribution < -0.4 is 9.47 Å². The van der Waals surface area contributed by atoms with Gasteiger partial charge in [-0.15, -0.1) is 0 Å². The lowest BCUT2D eigenvalue weighted by Gasteiger charge is -2.08. The van der Waals surface area contributed by atoms with Crippen LogP contribution in [0.1, 0.15) is 27.0 Å². The maximum absolute atomic E-state index is 12.2. The van der Waals surface area contributed by atoms with Crippen molar-refractivity contribution in [3.8, 4) is 11.5 Å². The van der Waals surface area contributed by atoms with Crippen LogP contribution in [0.5, 0.6) is 11.5 Å². The Kier molecular flexibility index (Phi) is 5.14. The first-order valence-electron chi connectivity index (χ1n) is 8.17. The van der Waals surface area contributed by atoms with Gasteiger partial charge in [-0.1, -0.05) is 36.4 Å². The molecule has 25 heavy (non-hydrogen) atoms. The highest BCUT2D eigenvalue weighted by Crippen LogP contribution is 2.17. The van der Waals surface area contributed by atoms with E-state index < -0.39 is 0 Å². The average Bonchev–Trinajstić information content (AvgIpc) is 2.60. The molecule has 3 heteroatoms. The van der Waals surface area contributed by atoms with Gasteiger partial charge in [0.15, 0.2) is 0 Å². The van der Waals surface area contributed by atoms with Gasteiger partial charge in [0, 0.05) is 0 Å². The molecule has 0 aliphatic carbocycles. The molecular weight excluding hydrogens is 312 g/mol. The van der Waals surface area contributed by atoms with E-state index in [1.54, 1.807) is 18.2 Å². The van der Waals surface area contributed by atoms with Crippen molar-refractivity contribution in [3.05, 3.63) is 95.1 Å². The van der Waals surface area contributed by atoms with Gasteiger partial charge in [0.1, 0.15) is 18.1 Å². The zero-order valence-corrected chi connectivity index (χ0v) is 14.4. The van der Waals surface area contributed by atoms with Crippen molar-refractivity contribution in [1.82, 2.24) is 0 Å². The van der Waals surface area contributed by atoms with E-state index in [4.69, 9.17) is 9.47 Å². The number of esters is 1. The monoisotopic (exact) mass is 332 g/mol. The smallest absolute Gasteiger partial charge is 0.343 e. The zero-order chi connectivity index (χ0) is 17.6. The molecule has 0 amide bonds. The Morgan fingerprint density at radius 3 is 2.04 bits per heavy atom. The molecule has 0 unspecified atom stereocenters. The van der Waals surface area contributed by atoms with E-state index in [1.807, 2.05) is 68.4 Å². The lowest BCUT2D eigenvalue weighted by Crippen LogP contribution is -2.08. The van der Waals surface area contributed by atoms with E-state index in [9.17, 15) is 4.79 Å². The zero-order valence-electron chi connectivity index (χ0n) is 14.4. The second kappa shape index (κ2) is 7.67. The normalized spacial score (nSPS) is 10.3. The van der Waals surface area contributed by atoms with Crippen molar-refractivity contribution >= 4 is 5.97 Å². The van der Waals surface area contributed by atoms with Crippen LogP contribution in [0.15, 0.2) is 72.8 Å². The Morgan fingerprint density at radius 2 is 1.40 bits per heavy atom. The number of carbonyl (C=O) groups is 1. The number of carbonyl (C=O) groups excluding carboxylic acids is 1. The standard InChI is InChI=1S/C22H20O3/c1-16-5-3-7-20(13-16)24-15-18-9-11-19(12-10-18)22(23)25-21-8-4-6-17(2)14-21/h3-14H,15H2,1-2H3. The molecule has 0 aromatic heterocycles. The summed E-state index contributed by atoms with van der Waals surface area (Å²) in [7, 11) is 0. The summed E-state index contributed by atoms with van der Waals surface area (Å²) in [4.78, 5) is 12.2. The number of aryl methyl sites for hydroxylation is 2. The van der Waals surface area contributed by atoms with E-state index in [1.165, 1.54) is 0 Å². The molecule has 0 radical (unpaired) electrons. The molecule has 0 saturated heterocycles. The van der Waals surface area contributed by atoms with E-state index in [-0.39, 0.29) is 5.97 Å². The van der Waals surface area contributed by atoms with E-state index in [0.29, 0.717) is 17.9 Å². The van der Waals surface area contributed by atoms with Crippen molar-refractivity contribution in [3.63, 3.8) is 0 Å². The lowest BCUT2D eigenvalue weighted by molar-refractivity contribution is 0.0734. The molecule has 0 atom stereocenters. The summed E-state index contributed by atoms with van der Waals surface area (Å²) in [5.41, 5.74) is 3.72. The highest BCUT2D eigenvalue weighted by molar-refractivity contribution is 5.91. The van der Waals surface area contributed by atoms with Gasteiger partial charge in [0.2, 0.25) is 0 Å². The molecule has 0 N–H and O–H groups in total. The van der Waals surface area contributed by atoms with Crippen LogP contribution >= 0.6 is 0 Å². The Hall–Kier alpha value is -3.07. The SMILES string of the molecule is Cc1cccc(OCc2ccc(C(=O)Oc3cccc(C)c3)cc2)c1. The molecule has 0 fully saturated rings. The molecule has 126 valence electrons. The quantitative estimate of drug-likeness (QED) is 0.481. The van der Waals surface area contributed by atoms with Crippen LogP contribution in [0.2, 0.25) is 0 Å². The second-order valence-electron chi connectivity index (χ2n) is 6.01. The predicted octanol–water partition coefficient (Wildman–Crippen LogP) is 5.10. The molecule has 0 spiro atoms. The summed E-state index contributed by atoms with van der Waals surface area (Å²) in [6.07, 6.45) is 0. The van der Waals surface area contributed by atoms with Gasteiger partial charge >= 0.3 is 5.97 Å².